The second-order valence-electron chi connectivity index (χ2n) is 4.78. The lowest BCUT2D eigenvalue weighted by molar-refractivity contribution is 0.846. The monoisotopic (exact) mass is 241 g/mol. The summed E-state index contributed by atoms with van der Waals surface area (Å²) in [6, 6.07) is 11.9. The molecule has 2 rings (SSSR count). The van der Waals surface area contributed by atoms with Gasteiger partial charge in [0.2, 0.25) is 0 Å². The predicted molar refractivity (Wildman–Crippen MR) is 75.2 cm³/mol. The predicted octanol–water partition coefficient (Wildman–Crippen LogP) is 2.84. The van der Waals surface area contributed by atoms with E-state index >= 15 is 0 Å². The van der Waals surface area contributed by atoms with Gasteiger partial charge in [-0.3, -0.25) is 0 Å². The van der Waals surface area contributed by atoms with Crippen LogP contribution in [0.4, 0.5) is 5.82 Å². The largest absolute Gasteiger partial charge is 0.383 e. The van der Waals surface area contributed by atoms with Gasteiger partial charge in [0, 0.05) is 11.8 Å². The first-order valence-corrected chi connectivity index (χ1v) is 6.15. The summed E-state index contributed by atoms with van der Waals surface area (Å²) in [6.45, 7) is 4.35. The van der Waals surface area contributed by atoms with Crippen molar-refractivity contribution in [3.05, 3.63) is 59.3 Å². The van der Waals surface area contributed by atoms with E-state index < -0.39 is 0 Å². The van der Waals surface area contributed by atoms with Crippen LogP contribution < -0.4 is 11.5 Å². The van der Waals surface area contributed by atoms with Crippen molar-refractivity contribution >= 4 is 5.82 Å². The van der Waals surface area contributed by atoms with Gasteiger partial charge < -0.3 is 11.5 Å². The standard InChI is InChI=1S/C15H19N3/c1-10(2)11-5-7-12(8-6-11)14(16)13-4-3-9-18-15(13)17/h3-10,14H,16H2,1-2H3,(H2,17,18). The number of pyridine rings is 1. The SMILES string of the molecule is CC(C)c1ccc(C(N)c2cccnc2N)cc1. The zero-order valence-corrected chi connectivity index (χ0v) is 10.8. The van der Waals surface area contributed by atoms with Crippen molar-refractivity contribution in [3.8, 4) is 0 Å². The molecule has 0 aliphatic heterocycles. The van der Waals surface area contributed by atoms with E-state index in [4.69, 9.17) is 11.5 Å². The molecule has 0 radical (unpaired) electrons. The van der Waals surface area contributed by atoms with Crippen LogP contribution in [-0.4, -0.2) is 4.98 Å². The molecule has 3 heteroatoms. The van der Waals surface area contributed by atoms with E-state index in [9.17, 15) is 0 Å². The number of nitrogens with zero attached hydrogens (tertiary/aromatic N) is 1. The maximum Gasteiger partial charge on any atom is 0.128 e. The Bertz CT molecular complexity index is 518. The highest BCUT2D eigenvalue weighted by Crippen LogP contribution is 2.24. The summed E-state index contributed by atoms with van der Waals surface area (Å²) in [5.74, 6) is 1.02. The Labute approximate surface area is 108 Å². The molecule has 1 atom stereocenters. The maximum atomic E-state index is 6.22. The highest BCUT2D eigenvalue weighted by atomic mass is 14.8. The molecule has 4 N–H and O–H groups in total. The van der Waals surface area contributed by atoms with Crippen LogP contribution in [0.1, 0.15) is 42.5 Å². The number of benzene rings is 1. The zero-order chi connectivity index (χ0) is 13.1. The summed E-state index contributed by atoms with van der Waals surface area (Å²) in [7, 11) is 0. The highest BCUT2D eigenvalue weighted by molar-refractivity contribution is 5.45. The molecule has 18 heavy (non-hydrogen) atoms. The van der Waals surface area contributed by atoms with Gasteiger partial charge in [-0.15, -0.1) is 0 Å². The number of rotatable bonds is 3. The topological polar surface area (TPSA) is 64.9 Å². The van der Waals surface area contributed by atoms with Crippen LogP contribution in [0.5, 0.6) is 0 Å². The van der Waals surface area contributed by atoms with Crippen LogP contribution >= 0.6 is 0 Å². The molecular weight excluding hydrogens is 222 g/mol. The molecule has 1 unspecified atom stereocenters. The van der Waals surface area contributed by atoms with Gasteiger partial charge in [0.1, 0.15) is 5.82 Å². The van der Waals surface area contributed by atoms with Crippen molar-refractivity contribution in [1.82, 2.24) is 4.98 Å². The summed E-state index contributed by atoms with van der Waals surface area (Å²) in [5, 5.41) is 0. The minimum atomic E-state index is -0.222. The molecular formula is C15H19N3. The van der Waals surface area contributed by atoms with E-state index in [-0.39, 0.29) is 6.04 Å². The van der Waals surface area contributed by atoms with Crippen molar-refractivity contribution in [1.29, 1.82) is 0 Å². The number of anilines is 1. The minimum Gasteiger partial charge on any atom is -0.383 e. The summed E-state index contributed by atoms with van der Waals surface area (Å²) >= 11 is 0. The first-order chi connectivity index (χ1) is 8.59. The third kappa shape index (κ3) is 2.51. The third-order valence-electron chi connectivity index (χ3n) is 3.17. The fourth-order valence-electron chi connectivity index (χ4n) is 1.96. The quantitative estimate of drug-likeness (QED) is 0.868. The molecule has 1 aromatic heterocycles. The molecule has 2 aromatic rings. The minimum absolute atomic E-state index is 0.222. The van der Waals surface area contributed by atoms with Crippen molar-refractivity contribution in [3.63, 3.8) is 0 Å². The number of hydrogen-bond donors (Lipinski definition) is 2. The fraction of sp³-hybridized carbons (Fsp3) is 0.267. The lowest BCUT2D eigenvalue weighted by Gasteiger charge is -2.15. The Balaban J connectivity index is 2.29. The van der Waals surface area contributed by atoms with Gasteiger partial charge in [-0.05, 0) is 23.1 Å². The molecule has 0 saturated carbocycles. The summed E-state index contributed by atoms with van der Waals surface area (Å²) in [5.41, 5.74) is 15.3. The Hall–Kier alpha value is -1.87. The Morgan fingerprint density at radius 3 is 2.17 bits per heavy atom. The molecule has 0 amide bonds. The van der Waals surface area contributed by atoms with Crippen molar-refractivity contribution in [2.45, 2.75) is 25.8 Å². The average molecular weight is 241 g/mol. The molecule has 1 heterocycles. The van der Waals surface area contributed by atoms with E-state index in [1.165, 1.54) is 5.56 Å². The van der Waals surface area contributed by atoms with Gasteiger partial charge in [-0.25, -0.2) is 4.98 Å². The van der Waals surface area contributed by atoms with E-state index in [1.807, 2.05) is 12.1 Å². The van der Waals surface area contributed by atoms with Crippen LogP contribution in [0, 0.1) is 0 Å². The summed E-state index contributed by atoms with van der Waals surface area (Å²) in [6.07, 6.45) is 1.67. The fourth-order valence-corrected chi connectivity index (χ4v) is 1.96. The summed E-state index contributed by atoms with van der Waals surface area (Å²) < 4.78 is 0. The zero-order valence-electron chi connectivity index (χ0n) is 10.8. The van der Waals surface area contributed by atoms with E-state index in [0.29, 0.717) is 11.7 Å². The molecule has 0 saturated heterocycles. The average Bonchev–Trinajstić information content (AvgIpc) is 2.38. The molecule has 0 fully saturated rings. The first kappa shape index (κ1) is 12.6. The van der Waals surface area contributed by atoms with E-state index in [1.54, 1.807) is 6.20 Å². The van der Waals surface area contributed by atoms with Crippen LogP contribution in [0.25, 0.3) is 0 Å². The van der Waals surface area contributed by atoms with Gasteiger partial charge in [0.05, 0.1) is 6.04 Å². The number of aromatic nitrogens is 1. The lowest BCUT2D eigenvalue weighted by atomic mass is 9.96. The summed E-state index contributed by atoms with van der Waals surface area (Å²) in [4.78, 5) is 4.07. The molecule has 0 aliphatic rings. The number of nitrogen functional groups attached to an aromatic ring is 1. The third-order valence-corrected chi connectivity index (χ3v) is 3.17. The second-order valence-corrected chi connectivity index (χ2v) is 4.78. The highest BCUT2D eigenvalue weighted by Gasteiger charge is 2.12. The molecule has 3 nitrogen and oxygen atoms in total. The lowest BCUT2D eigenvalue weighted by Crippen LogP contribution is -2.14. The van der Waals surface area contributed by atoms with Gasteiger partial charge in [-0.2, -0.15) is 0 Å². The van der Waals surface area contributed by atoms with Crippen LogP contribution in [0.15, 0.2) is 42.6 Å². The molecule has 1 aromatic carbocycles. The second kappa shape index (κ2) is 5.19. The van der Waals surface area contributed by atoms with Gasteiger partial charge in [0.15, 0.2) is 0 Å². The van der Waals surface area contributed by atoms with Crippen LogP contribution in [-0.2, 0) is 0 Å². The van der Waals surface area contributed by atoms with Crippen molar-refractivity contribution < 1.29 is 0 Å². The Morgan fingerprint density at radius 2 is 1.61 bits per heavy atom. The first-order valence-electron chi connectivity index (χ1n) is 6.15. The molecule has 94 valence electrons. The van der Waals surface area contributed by atoms with E-state index in [0.717, 1.165) is 11.1 Å². The van der Waals surface area contributed by atoms with Gasteiger partial charge >= 0.3 is 0 Å². The molecule has 0 bridgehead atoms. The number of nitrogens with two attached hydrogens (primary N) is 2. The van der Waals surface area contributed by atoms with Gasteiger partial charge in [0.25, 0.3) is 0 Å². The smallest absolute Gasteiger partial charge is 0.128 e. The van der Waals surface area contributed by atoms with Crippen molar-refractivity contribution in [2.24, 2.45) is 5.73 Å². The van der Waals surface area contributed by atoms with E-state index in [2.05, 4.69) is 43.1 Å². The maximum absolute atomic E-state index is 6.22. The van der Waals surface area contributed by atoms with Gasteiger partial charge in [-0.1, -0.05) is 44.2 Å². The van der Waals surface area contributed by atoms with Crippen LogP contribution in [0.3, 0.4) is 0 Å². The Morgan fingerprint density at radius 1 is 1.00 bits per heavy atom. The molecule has 0 aliphatic carbocycles. The number of hydrogen-bond acceptors (Lipinski definition) is 3. The van der Waals surface area contributed by atoms with Crippen molar-refractivity contribution in [2.75, 3.05) is 5.73 Å². The normalized spacial score (nSPS) is 12.7. The van der Waals surface area contributed by atoms with Crippen LogP contribution in [0.2, 0.25) is 0 Å². The molecule has 0 spiro atoms. The Kier molecular flexibility index (Phi) is 3.63.